The Morgan fingerprint density at radius 2 is 2.09 bits per heavy atom. The van der Waals surface area contributed by atoms with Crippen molar-refractivity contribution in [3.8, 4) is 0 Å². The Labute approximate surface area is 132 Å². The van der Waals surface area contributed by atoms with Gasteiger partial charge in [0, 0.05) is 18.7 Å². The molecule has 0 aliphatic carbocycles. The normalized spacial score (nSPS) is 10.7. The summed E-state index contributed by atoms with van der Waals surface area (Å²) in [6.45, 7) is 2.48. The number of aryl methyl sites for hydroxylation is 1. The maximum atomic E-state index is 12.3. The molecule has 0 bridgehead atoms. The van der Waals surface area contributed by atoms with Crippen molar-refractivity contribution in [2.24, 2.45) is 0 Å². The number of tetrazole rings is 1. The fourth-order valence-corrected chi connectivity index (χ4v) is 2.12. The Kier molecular flexibility index (Phi) is 4.13. The molecule has 23 heavy (non-hydrogen) atoms. The molecule has 0 N–H and O–H groups in total. The summed E-state index contributed by atoms with van der Waals surface area (Å²) in [5.74, 6) is 1.03. The molecule has 118 valence electrons. The quantitative estimate of drug-likeness (QED) is 0.705. The molecule has 8 heteroatoms. The summed E-state index contributed by atoms with van der Waals surface area (Å²) in [4.78, 5) is 15.2. The molecule has 1 aromatic carbocycles. The summed E-state index contributed by atoms with van der Waals surface area (Å²) in [5, 5.41) is 16.0. The lowest BCUT2D eigenvalue weighted by atomic mass is 10.2. The average Bonchev–Trinajstić information content (AvgIpc) is 3.17. The standard InChI is InChI=1S/C15H16N6O2/c1-11-8-13(23-18-11)9-21-17-14(16-19-21)10-20(2)15(22)12-6-4-3-5-7-12/h3-8H,9-10H2,1-2H3. The minimum absolute atomic E-state index is 0.0900. The van der Waals surface area contributed by atoms with Gasteiger partial charge in [-0.25, -0.2) is 0 Å². The molecular formula is C15H16N6O2. The smallest absolute Gasteiger partial charge is 0.254 e. The van der Waals surface area contributed by atoms with Crippen LogP contribution >= 0.6 is 0 Å². The monoisotopic (exact) mass is 312 g/mol. The first-order chi connectivity index (χ1) is 11.1. The maximum absolute atomic E-state index is 12.3. The Hall–Kier alpha value is -3.03. The predicted molar refractivity (Wildman–Crippen MR) is 80.4 cm³/mol. The third kappa shape index (κ3) is 3.60. The molecule has 3 aromatic rings. The number of nitrogens with zero attached hydrogens (tertiary/aromatic N) is 6. The summed E-state index contributed by atoms with van der Waals surface area (Å²) >= 11 is 0. The van der Waals surface area contributed by atoms with E-state index in [9.17, 15) is 4.79 Å². The van der Waals surface area contributed by atoms with E-state index in [4.69, 9.17) is 4.52 Å². The van der Waals surface area contributed by atoms with Crippen molar-refractivity contribution in [3.63, 3.8) is 0 Å². The lowest BCUT2D eigenvalue weighted by Crippen LogP contribution is -2.26. The molecule has 0 atom stereocenters. The third-order valence-corrected chi connectivity index (χ3v) is 3.21. The Bertz CT molecular complexity index is 795. The number of rotatable bonds is 5. The van der Waals surface area contributed by atoms with E-state index in [0.717, 1.165) is 5.69 Å². The Morgan fingerprint density at radius 3 is 2.78 bits per heavy atom. The van der Waals surface area contributed by atoms with Crippen LogP contribution in [0.3, 0.4) is 0 Å². The number of carbonyl (C=O) groups excluding carboxylic acids is 1. The predicted octanol–water partition coefficient (Wildman–Crippen LogP) is 1.29. The minimum atomic E-state index is -0.0900. The molecule has 2 aromatic heterocycles. The molecule has 0 aliphatic rings. The number of hydrogen-bond donors (Lipinski definition) is 0. The second-order valence-electron chi connectivity index (χ2n) is 5.20. The molecule has 0 saturated carbocycles. The van der Waals surface area contributed by atoms with Gasteiger partial charge in [-0.3, -0.25) is 4.79 Å². The largest absolute Gasteiger partial charge is 0.359 e. The molecular weight excluding hydrogens is 296 g/mol. The fourth-order valence-electron chi connectivity index (χ4n) is 2.12. The molecule has 1 amide bonds. The molecule has 0 radical (unpaired) electrons. The van der Waals surface area contributed by atoms with Crippen molar-refractivity contribution >= 4 is 5.91 Å². The van der Waals surface area contributed by atoms with Gasteiger partial charge in [0.05, 0.1) is 12.2 Å². The van der Waals surface area contributed by atoms with Gasteiger partial charge < -0.3 is 9.42 Å². The summed E-state index contributed by atoms with van der Waals surface area (Å²) in [6.07, 6.45) is 0. The van der Waals surface area contributed by atoms with Crippen molar-refractivity contribution in [1.29, 1.82) is 0 Å². The van der Waals surface area contributed by atoms with Gasteiger partial charge >= 0.3 is 0 Å². The summed E-state index contributed by atoms with van der Waals surface area (Å²) < 4.78 is 5.11. The molecule has 0 spiro atoms. The van der Waals surface area contributed by atoms with Gasteiger partial charge in [-0.15, -0.1) is 10.2 Å². The van der Waals surface area contributed by atoms with Crippen molar-refractivity contribution in [3.05, 3.63) is 59.2 Å². The number of aromatic nitrogens is 5. The second kappa shape index (κ2) is 6.39. The first-order valence-electron chi connectivity index (χ1n) is 7.11. The van der Waals surface area contributed by atoms with Gasteiger partial charge in [-0.2, -0.15) is 4.80 Å². The maximum Gasteiger partial charge on any atom is 0.254 e. The second-order valence-corrected chi connectivity index (χ2v) is 5.20. The third-order valence-electron chi connectivity index (χ3n) is 3.21. The number of amides is 1. The molecule has 8 nitrogen and oxygen atoms in total. The van der Waals surface area contributed by atoms with Crippen molar-refractivity contribution in [2.75, 3.05) is 7.05 Å². The number of carbonyl (C=O) groups is 1. The van der Waals surface area contributed by atoms with Crippen LogP contribution in [0.2, 0.25) is 0 Å². The first-order valence-corrected chi connectivity index (χ1v) is 7.11. The van der Waals surface area contributed by atoms with Crippen LogP contribution in [0.1, 0.15) is 27.6 Å². The van der Waals surface area contributed by atoms with Crippen LogP contribution in [0.5, 0.6) is 0 Å². The zero-order valence-electron chi connectivity index (χ0n) is 12.9. The van der Waals surface area contributed by atoms with Crippen LogP contribution in [-0.2, 0) is 13.1 Å². The van der Waals surface area contributed by atoms with E-state index in [2.05, 4.69) is 20.6 Å². The minimum Gasteiger partial charge on any atom is -0.359 e. The van der Waals surface area contributed by atoms with E-state index in [1.807, 2.05) is 31.2 Å². The highest BCUT2D eigenvalue weighted by Gasteiger charge is 2.14. The van der Waals surface area contributed by atoms with E-state index in [0.29, 0.717) is 23.7 Å². The molecule has 0 aliphatic heterocycles. The molecule has 2 heterocycles. The Morgan fingerprint density at radius 1 is 1.30 bits per heavy atom. The number of hydrogen-bond acceptors (Lipinski definition) is 6. The summed E-state index contributed by atoms with van der Waals surface area (Å²) in [7, 11) is 1.70. The van der Waals surface area contributed by atoms with E-state index in [-0.39, 0.29) is 12.5 Å². The lowest BCUT2D eigenvalue weighted by Gasteiger charge is -2.14. The highest BCUT2D eigenvalue weighted by atomic mass is 16.5. The lowest BCUT2D eigenvalue weighted by molar-refractivity contribution is 0.0781. The van der Waals surface area contributed by atoms with Crippen LogP contribution < -0.4 is 0 Å². The van der Waals surface area contributed by atoms with E-state index >= 15 is 0 Å². The van der Waals surface area contributed by atoms with Crippen LogP contribution in [0.4, 0.5) is 0 Å². The summed E-state index contributed by atoms with van der Waals surface area (Å²) in [5.41, 5.74) is 1.42. The van der Waals surface area contributed by atoms with Gasteiger partial charge in [0.2, 0.25) is 0 Å². The van der Waals surface area contributed by atoms with Crippen molar-refractivity contribution in [1.82, 2.24) is 30.3 Å². The fraction of sp³-hybridized carbons (Fsp3) is 0.267. The first kappa shape index (κ1) is 14.9. The molecule has 0 saturated heterocycles. The van der Waals surface area contributed by atoms with E-state index in [1.54, 1.807) is 24.1 Å². The van der Waals surface area contributed by atoms with E-state index < -0.39 is 0 Å². The van der Waals surface area contributed by atoms with Gasteiger partial charge in [0.25, 0.3) is 5.91 Å². The van der Waals surface area contributed by atoms with Gasteiger partial charge in [-0.1, -0.05) is 23.4 Å². The highest BCUT2D eigenvalue weighted by Crippen LogP contribution is 2.06. The van der Waals surface area contributed by atoms with E-state index in [1.165, 1.54) is 4.80 Å². The van der Waals surface area contributed by atoms with Crippen LogP contribution in [-0.4, -0.2) is 43.2 Å². The Balaban J connectivity index is 1.63. The highest BCUT2D eigenvalue weighted by molar-refractivity contribution is 5.93. The number of benzene rings is 1. The van der Waals surface area contributed by atoms with Gasteiger partial charge in [0.1, 0.15) is 6.54 Å². The molecule has 0 unspecified atom stereocenters. The SMILES string of the molecule is Cc1cc(Cn2nnc(CN(C)C(=O)c3ccccc3)n2)on1. The van der Waals surface area contributed by atoms with Gasteiger partial charge in [0.15, 0.2) is 11.6 Å². The molecule has 3 rings (SSSR count). The average molecular weight is 312 g/mol. The van der Waals surface area contributed by atoms with Crippen LogP contribution in [0, 0.1) is 6.92 Å². The van der Waals surface area contributed by atoms with Gasteiger partial charge in [-0.05, 0) is 24.3 Å². The topological polar surface area (TPSA) is 89.9 Å². The summed E-state index contributed by atoms with van der Waals surface area (Å²) in [6, 6.07) is 10.9. The van der Waals surface area contributed by atoms with Crippen molar-refractivity contribution in [2.45, 2.75) is 20.0 Å². The molecule has 0 fully saturated rings. The van der Waals surface area contributed by atoms with Crippen LogP contribution in [0.25, 0.3) is 0 Å². The zero-order valence-corrected chi connectivity index (χ0v) is 12.9. The van der Waals surface area contributed by atoms with Crippen LogP contribution in [0.15, 0.2) is 40.9 Å². The zero-order chi connectivity index (χ0) is 16.2. The van der Waals surface area contributed by atoms with Crippen molar-refractivity contribution < 1.29 is 9.32 Å².